The quantitative estimate of drug-likeness (QED) is 0.805. The van der Waals surface area contributed by atoms with E-state index in [0.717, 1.165) is 38.6 Å². The fraction of sp³-hybridized carbons (Fsp3) is 0.867. The largest absolute Gasteiger partial charge is 0.339 e. The van der Waals surface area contributed by atoms with Crippen LogP contribution in [0.1, 0.15) is 39.0 Å². The molecule has 0 aromatic heterocycles. The van der Waals surface area contributed by atoms with E-state index < -0.39 is 0 Å². The Morgan fingerprint density at radius 3 is 2.25 bits per heavy atom. The predicted molar refractivity (Wildman–Crippen MR) is 76.1 cm³/mol. The molecule has 1 atom stereocenters. The summed E-state index contributed by atoms with van der Waals surface area (Å²) in [5, 5.41) is 3.38. The average Bonchev–Trinajstić information content (AvgIpc) is 3.31. The lowest BCUT2D eigenvalue weighted by atomic mass is 9.89. The minimum atomic E-state index is -0.388. The van der Waals surface area contributed by atoms with E-state index in [4.69, 9.17) is 0 Å². The van der Waals surface area contributed by atoms with Crippen LogP contribution in [0.2, 0.25) is 0 Å². The molecule has 2 amide bonds. The first-order valence-electron chi connectivity index (χ1n) is 7.93. The molecule has 0 bridgehead atoms. The Hall–Kier alpha value is -1.10. The fourth-order valence-corrected chi connectivity index (χ4v) is 3.31. The van der Waals surface area contributed by atoms with Crippen molar-refractivity contribution in [3.63, 3.8) is 0 Å². The van der Waals surface area contributed by atoms with Gasteiger partial charge in [-0.2, -0.15) is 0 Å². The Balaban J connectivity index is 1.54. The molecular weight excluding hydrogens is 254 g/mol. The van der Waals surface area contributed by atoms with Crippen LogP contribution in [0.25, 0.3) is 0 Å². The lowest BCUT2D eigenvalue weighted by molar-refractivity contribution is -0.144. The molecule has 2 saturated heterocycles. The van der Waals surface area contributed by atoms with Gasteiger partial charge >= 0.3 is 0 Å². The number of hydrogen-bond acceptors (Lipinski definition) is 3. The summed E-state index contributed by atoms with van der Waals surface area (Å²) < 4.78 is 0. The molecule has 5 nitrogen and oxygen atoms in total. The lowest BCUT2D eigenvalue weighted by Crippen LogP contribution is -2.61. The summed E-state index contributed by atoms with van der Waals surface area (Å²) in [7, 11) is 0. The maximum absolute atomic E-state index is 12.7. The van der Waals surface area contributed by atoms with Gasteiger partial charge in [0, 0.05) is 32.1 Å². The highest BCUT2D eigenvalue weighted by Gasteiger charge is 2.40. The third-order valence-corrected chi connectivity index (χ3v) is 4.90. The zero-order valence-electron chi connectivity index (χ0n) is 12.4. The van der Waals surface area contributed by atoms with Crippen LogP contribution in [0.5, 0.6) is 0 Å². The molecule has 0 radical (unpaired) electrons. The molecule has 1 unspecified atom stereocenters. The number of rotatable bonds is 2. The van der Waals surface area contributed by atoms with Gasteiger partial charge < -0.3 is 15.1 Å². The minimum absolute atomic E-state index is 0.218. The second kappa shape index (κ2) is 5.35. The van der Waals surface area contributed by atoms with Gasteiger partial charge in [-0.05, 0) is 45.6 Å². The van der Waals surface area contributed by atoms with E-state index in [2.05, 4.69) is 5.32 Å². The van der Waals surface area contributed by atoms with Crippen molar-refractivity contribution in [2.45, 2.75) is 44.6 Å². The summed E-state index contributed by atoms with van der Waals surface area (Å²) in [6.45, 7) is 5.75. The number of carbonyl (C=O) groups is 2. The van der Waals surface area contributed by atoms with Crippen molar-refractivity contribution in [1.82, 2.24) is 15.1 Å². The van der Waals surface area contributed by atoms with Crippen LogP contribution >= 0.6 is 0 Å². The molecule has 3 aliphatic rings. The monoisotopic (exact) mass is 279 g/mol. The summed E-state index contributed by atoms with van der Waals surface area (Å²) in [5.74, 6) is 0.810. The van der Waals surface area contributed by atoms with Crippen LogP contribution in [-0.2, 0) is 9.59 Å². The molecular formula is C15H25N3O2. The van der Waals surface area contributed by atoms with Crippen molar-refractivity contribution in [3.8, 4) is 0 Å². The molecule has 112 valence electrons. The maximum atomic E-state index is 12.7. The van der Waals surface area contributed by atoms with Gasteiger partial charge in [-0.3, -0.25) is 9.59 Å². The molecule has 1 saturated carbocycles. The van der Waals surface area contributed by atoms with Crippen molar-refractivity contribution in [1.29, 1.82) is 0 Å². The Kier molecular flexibility index (Phi) is 3.71. The van der Waals surface area contributed by atoms with Gasteiger partial charge in [-0.15, -0.1) is 0 Å². The highest BCUT2D eigenvalue weighted by atomic mass is 16.2. The molecule has 0 aromatic rings. The van der Waals surface area contributed by atoms with Gasteiger partial charge in [0.2, 0.25) is 11.8 Å². The van der Waals surface area contributed by atoms with Gasteiger partial charge in [0.05, 0.1) is 5.54 Å². The number of hydrogen-bond donors (Lipinski definition) is 1. The Morgan fingerprint density at radius 1 is 1.05 bits per heavy atom. The van der Waals surface area contributed by atoms with E-state index in [1.54, 1.807) is 0 Å². The molecule has 1 N–H and O–H groups in total. The highest BCUT2D eigenvalue weighted by molar-refractivity contribution is 5.86. The number of nitrogens with zero attached hydrogens (tertiary/aromatic N) is 2. The van der Waals surface area contributed by atoms with Crippen molar-refractivity contribution in [2.24, 2.45) is 5.92 Å². The lowest BCUT2D eigenvalue weighted by Gasteiger charge is -2.41. The molecule has 3 fully saturated rings. The Labute approximate surface area is 120 Å². The standard InChI is InChI=1S/C15H25N3O2/c1-15(6-2-3-7-16-15)14(20)18-10-8-17(9-11-18)13(19)12-4-5-12/h12,16H,2-11H2,1H3. The number of carbonyl (C=O) groups excluding carboxylic acids is 2. The van der Waals surface area contributed by atoms with Crippen LogP contribution < -0.4 is 5.32 Å². The molecule has 3 rings (SSSR count). The first-order valence-corrected chi connectivity index (χ1v) is 7.93. The number of amides is 2. The Morgan fingerprint density at radius 2 is 1.70 bits per heavy atom. The van der Waals surface area contributed by atoms with E-state index in [1.807, 2.05) is 16.7 Å². The summed E-state index contributed by atoms with van der Waals surface area (Å²) in [6, 6.07) is 0. The normalized spacial score (nSPS) is 31.2. The SMILES string of the molecule is CC1(C(=O)N2CCN(C(=O)C3CC3)CC2)CCCCN1. The van der Waals surface area contributed by atoms with E-state index in [-0.39, 0.29) is 17.4 Å². The van der Waals surface area contributed by atoms with Crippen molar-refractivity contribution in [2.75, 3.05) is 32.7 Å². The van der Waals surface area contributed by atoms with Crippen LogP contribution in [0.3, 0.4) is 0 Å². The van der Waals surface area contributed by atoms with Crippen molar-refractivity contribution >= 4 is 11.8 Å². The molecule has 2 aliphatic heterocycles. The van der Waals surface area contributed by atoms with Crippen molar-refractivity contribution in [3.05, 3.63) is 0 Å². The molecule has 0 spiro atoms. The van der Waals surface area contributed by atoms with E-state index in [0.29, 0.717) is 32.1 Å². The van der Waals surface area contributed by atoms with Crippen LogP contribution in [-0.4, -0.2) is 59.9 Å². The summed E-state index contributed by atoms with van der Waals surface area (Å²) >= 11 is 0. The molecule has 1 aliphatic carbocycles. The predicted octanol–water partition coefficient (Wildman–Crippen LogP) is 0.599. The van der Waals surface area contributed by atoms with Crippen molar-refractivity contribution < 1.29 is 9.59 Å². The maximum Gasteiger partial charge on any atom is 0.242 e. The highest BCUT2D eigenvalue weighted by Crippen LogP contribution is 2.31. The first-order chi connectivity index (χ1) is 9.60. The molecule has 5 heteroatoms. The third-order valence-electron chi connectivity index (χ3n) is 4.90. The molecule has 20 heavy (non-hydrogen) atoms. The fourth-order valence-electron chi connectivity index (χ4n) is 3.31. The summed E-state index contributed by atoms with van der Waals surface area (Å²) in [6.07, 6.45) is 5.31. The molecule has 2 heterocycles. The van der Waals surface area contributed by atoms with Crippen LogP contribution in [0, 0.1) is 5.92 Å². The summed E-state index contributed by atoms with van der Waals surface area (Å²) in [4.78, 5) is 28.6. The topological polar surface area (TPSA) is 52.7 Å². The van der Waals surface area contributed by atoms with Gasteiger partial charge in [0.25, 0.3) is 0 Å². The van der Waals surface area contributed by atoms with Gasteiger partial charge in [0.1, 0.15) is 0 Å². The van der Waals surface area contributed by atoms with Gasteiger partial charge in [-0.25, -0.2) is 0 Å². The van der Waals surface area contributed by atoms with E-state index in [9.17, 15) is 9.59 Å². The van der Waals surface area contributed by atoms with Gasteiger partial charge in [-0.1, -0.05) is 0 Å². The van der Waals surface area contributed by atoms with Crippen LogP contribution in [0.4, 0.5) is 0 Å². The second-order valence-corrected chi connectivity index (χ2v) is 6.61. The minimum Gasteiger partial charge on any atom is -0.339 e. The average molecular weight is 279 g/mol. The third kappa shape index (κ3) is 2.68. The smallest absolute Gasteiger partial charge is 0.242 e. The molecule has 0 aromatic carbocycles. The van der Waals surface area contributed by atoms with E-state index in [1.165, 1.54) is 0 Å². The van der Waals surface area contributed by atoms with Gasteiger partial charge in [0.15, 0.2) is 0 Å². The van der Waals surface area contributed by atoms with E-state index >= 15 is 0 Å². The Bertz CT molecular complexity index is 392. The zero-order valence-corrected chi connectivity index (χ0v) is 12.4. The first kappa shape index (κ1) is 13.9. The second-order valence-electron chi connectivity index (χ2n) is 6.61. The number of piperazine rings is 1. The number of piperidine rings is 1. The summed E-state index contributed by atoms with van der Waals surface area (Å²) in [5.41, 5.74) is -0.388. The van der Waals surface area contributed by atoms with Crippen LogP contribution in [0.15, 0.2) is 0 Å². The number of nitrogens with one attached hydrogen (secondary N) is 1. The zero-order chi connectivity index (χ0) is 14.2.